The topological polar surface area (TPSA) is 41.8 Å². The van der Waals surface area contributed by atoms with Crippen LogP contribution in [0.25, 0.3) is 4.96 Å². The quantitative estimate of drug-likeness (QED) is 0.849. The zero-order valence-corrected chi connectivity index (χ0v) is 13.1. The van der Waals surface area contributed by atoms with E-state index in [1.165, 1.54) is 18.5 Å². The van der Waals surface area contributed by atoms with Gasteiger partial charge in [0.25, 0.3) is 0 Å². The fourth-order valence-corrected chi connectivity index (χ4v) is 3.09. The predicted molar refractivity (Wildman–Crippen MR) is 82.7 cm³/mol. The first kappa shape index (κ1) is 13.9. The molecule has 0 spiro atoms. The minimum atomic E-state index is 0.310. The third-order valence-corrected chi connectivity index (χ3v) is 4.64. The maximum absolute atomic E-state index is 5.26. The number of ether oxygens (including phenoxy) is 1. The van der Waals surface area contributed by atoms with Gasteiger partial charge >= 0.3 is 0 Å². The molecule has 0 amide bonds. The summed E-state index contributed by atoms with van der Waals surface area (Å²) in [6.45, 7) is 3.74. The van der Waals surface area contributed by atoms with Gasteiger partial charge in [-0.25, -0.2) is 4.98 Å². The van der Waals surface area contributed by atoms with Crippen LogP contribution in [0.1, 0.15) is 25.5 Å². The molecule has 1 aliphatic rings. The summed E-state index contributed by atoms with van der Waals surface area (Å²) in [7, 11) is 3.84. The average Bonchev–Trinajstić information content (AvgIpc) is 3.04. The van der Waals surface area contributed by atoms with E-state index in [2.05, 4.69) is 40.2 Å². The number of hydrogen-bond donors (Lipinski definition) is 1. The van der Waals surface area contributed by atoms with Crippen LogP contribution in [-0.2, 0) is 11.3 Å². The first-order valence-electron chi connectivity index (χ1n) is 7.10. The summed E-state index contributed by atoms with van der Waals surface area (Å²) >= 11 is 1.68. The van der Waals surface area contributed by atoms with Gasteiger partial charge in [-0.1, -0.05) is 0 Å². The molecule has 1 fully saturated rings. The molecule has 0 radical (unpaired) electrons. The number of rotatable bonds is 7. The second-order valence-corrected chi connectivity index (χ2v) is 6.38. The molecule has 1 aliphatic carbocycles. The first-order valence-corrected chi connectivity index (χ1v) is 7.98. The van der Waals surface area contributed by atoms with Crippen molar-refractivity contribution in [2.24, 2.45) is 0 Å². The van der Waals surface area contributed by atoms with E-state index >= 15 is 0 Å². The Bertz CT molecular complexity index is 575. The van der Waals surface area contributed by atoms with E-state index in [0.29, 0.717) is 18.7 Å². The van der Waals surface area contributed by atoms with Crippen molar-refractivity contribution in [3.05, 3.63) is 17.3 Å². The summed E-state index contributed by atoms with van der Waals surface area (Å²) in [6, 6.07) is 1.01. The van der Waals surface area contributed by atoms with Gasteiger partial charge in [-0.15, -0.1) is 11.3 Å². The standard InChI is InChI=1S/C14H22N4OS/c1-10(9-19-3)17(2)13-12(8-15-11-4-5-11)18-6-7-20-14(18)16-13/h6-7,10-11,15H,4-5,8-9H2,1-3H3. The SMILES string of the molecule is COCC(C)N(C)c1nc2sccn2c1CNC1CC1. The van der Waals surface area contributed by atoms with E-state index < -0.39 is 0 Å². The molecule has 5 nitrogen and oxygen atoms in total. The van der Waals surface area contributed by atoms with Crippen molar-refractivity contribution in [2.45, 2.75) is 38.4 Å². The van der Waals surface area contributed by atoms with Crippen molar-refractivity contribution in [1.82, 2.24) is 14.7 Å². The zero-order valence-electron chi connectivity index (χ0n) is 12.3. The highest BCUT2D eigenvalue weighted by atomic mass is 32.1. The summed E-state index contributed by atoms with van der Waals surface area (Å²) in [5.41, 5.74) is 1.25. The van der Waals surface area contributed by atoms with Crippen LogP contribution in [0.5, 0.6) is 0 Å². The molecule has 2 heterocycles. The number of thiazole rings is 1. The highest BCUT2D eigenvalue weighted by Gasteiger charge is 2.24. The van der Waals surface area contributed by atoms with Crippen LogP contribution < -0.4 is 10.2 Å². The lowest BCUT2D eigenvalue weighted by Gasteiger charge is -2.25. The molecule has 1 saturated carbocycles. The van der Waals surface area contributed by atoms with Crippen LogP contribution in [0.2, 0.25) is 0 Å². The summed E-state index contributed by atoms with van der Waals surface area (Å²) in [6.07, 6.45) is 4.71. The summed E-state index contributed by atoms with van der Waals surface area (Å²) < 4.78 is 7.46. The molecular formula is C14H22N4OS. The van der Waals surface area contributed by atoms with Crippen molar-refractivity contribution in [2.75, 3.05) is 25.7 Å². The summed E-state index contributed by atoms with van der Waals surface area (Å²) in [4.78, 5) is 8.06. The molecule has 0 saturated heterocycles. The molecular weight excluding hydrogens is 272 g/mol. The van der Waals surface area contributed by atoms with Gasteiger partial charge in [0.05, 0.1) is 18.3 Å². The number of fused-ring (bicyclic) bond motifs is 1. The molecule has 110 valence electrons. The predicted octanol–water partition coefficient (Wildman–Crippen LogP) is 2.12. The highest BCUT2D eigenvalue weighted by Crippen LogP contribution is 2.27. The molecule has 0 aromatic carbocycles. The van der Waals surface area contributed by atoms with Gasteiger partial charge in [0.2, 0.25) is 0 Å². The number of imidazole rings is 1. The lowest BCUT2D eigenvalue weighted by molar-refractivity contribution is 0.183. The second-order valence-electron chi connectivity index (χ2n) is 5.51. The molecule has 1 unspecified atom stereocenters. The van der Waals surface area contributed by atoms with E-state index in [-0.39, 0.29) is 0 Å². The Morgan fingerprint density at radius 1 is 1.60 bits per heavy atom. The molecule has 3 rings (SSSR count). The van der Waals surface area contributed by atoms with Crippen LogP contribution in [0.4, 0.5) is 5.82 Å². The number of likely N-dealkylation sites (N-methyl/N-ethyl adjacent to an activating group) is 1. The molecule has 2 aromatic rings. The van der Waals surface area contributed by atoms with Gasteiger partial charge in [-0.05, 0) is 19.8 Å². The molecule has 0 aliphatic heterocycles. The Morgan fingerprint density at radius 2 is 2.40 bits per heavy atom. The lowest BCUT2D eigenvalue weighted by atomic mass is 10.3. The van der Waals surface area contributed by atoms with Crippen molar-refractivity contribution in [3.63, 3.8) is 0 Å². The normalized spacial score (nSPS) is 16.8. The largest absolute Gasteiger partial charge is 0.383 e. The van der Waals surface area contributed by atoms with Gasteiger partial charge in [-0.3, -0.25) is 4.40 Å². The zero-order chi connectivity index (χ0) is 14.1. The monoisotopic (exact) mass is 294 g/mol. The summed E-state index contributed by atoms with van der Waals surface area (Å²) in [5.74, 6) is 1.06. The van der Waals surface area contributed by atoms with E-state index in [1.807, 2.05) is 0 Å². The number of nitrogens with one attached hydrogen (secondary N) is 1. The van der Waals surface area contributed by atoms with Gasteiger partial charge in [0.15, 0.2) is 10.8 Å². The van der Waals surface area contributed by atoms with Gasteiger partial charge in [-0.2, -0.15) is 0 Å². The smallest absolute Gasteiger partial charge is 0.195 e. The van der Waals surface area contributed by atoms with Crippen molar-refractivity contribution >= 4 is 22.1 Å². The Balaban J connectivity index is 1.87. The van der Waals surface area contributed by atoms with Crippen molar-refractivity contribution < 1.29 is 4.74 Å². The third-order valence-electron chi connectivity index (χ3n) is 3.88. The average molecular weight is 294 g/mol. The number of anilines is 1. The lowest BCUT2D eigenvalue weighted by Crippen LogP contribution is -2.34. The van der Waals surface area contributed by atoms with E-state index in [0.717, 1.165) is 17.3 Å². The molecule has 0 bridgehead atoms. The minimum Gasteiger partial charge on any atom is -0.383 e. The molecule has 20 heavy (non-hydrogen) atoms. The molecule has 1 atom stereocenters. The van der Waals surface area contributed by atoms with Crippen LogP contribution in [-0.4, -0.2) is 42.2 Å². The van der Waals surface area contributed by atoms with Crippen molar-refractivity contribution in [1.29, 1.82) is 0 Å². The van der Waals surface area contributed by atoms with Crippen LogP contribution in [0.15, 0.2) is 11.6 Å². The van der Waals surface area contributed by atoms with Crippen LogP contribution in [0, 0.1) is 0 Å². The Morgan fingerprint density at radius 3 is 3.10 bits per heavy atom. The number of hydrogen-bond acceptors (Lipinski definition) is 5. The van der Waals surface area contributed by atoms with Crippen LogP contribution in [0.3, 0.4) is 0 Å². The Kier molecular flexibility index (Phi) is 3.96. The third kappa shape index (κ3) is 2.68. The van der Waals surface area contributed by atoms with E-state index in [4.69, 9.17) is 9.72 Å². The maximum Gasteiger partial charge on any atom is 0.195 e. The Hall–Kier alpha value is -1.11. The highest BCUT2D eigenvalue weighted by molar-refractivity contribution is 7.15. The van der Waals surface area contributed by atoms with Gasteiger partial charge in [0.1, 0.15) is 0 Å². The number of methoxy groups -OCH3 is 1. The maximum atomic E-state index is 5.26. The minimum absolute atomic E-state index is 0.310. The molecule has 6 heteroatoms. The van der Waals surface area contributed by atoms with Gasteiger partial charge in [0, 0.05) is 38.3 Å². The van der Waals surface area contributed by atoms with Gasteiger partial charge < -0.3 is 15.0 Å². The van der Waals surface area contributed by atoms with E-state index in [9.17, 15) is 0 Å². The fourth-order valence-electron chi connectivity index (χ4n) is 2.36. The Labute approximate surface area is 123 Å². The van der Waals surface area contributed by atoms with E-state index in [1.54, 1.807) is 18.4 Å². The molecule has 2 aromatic heterocycles. The number of aromatic nitrogens is 2. The van der Waals surface area contributed by atoms with Crippen LogP contribution >= 0.6 is 11.3 Å². The molecule has 1 N–H and O–H groups in total. The first-order chi connectivity index (χ1) is 9.70. The summed E-state index contributed by atoms with van der Waals surface area (Å²) in [5, 5.41) is 5.68. The van der Waals surface area contributed by atoms with Crippen molar-refractivity contribution in [3.8, 4) is 0 Å². The second kappa shape index (κ2) is 5.71. The number of nitrogens with zero attached hydrogens (tertiary/aromatic N) is 3. The fraction of sp³-hybridized carbons (Fsp3) is 0.643.